The SMILES string of the molecule is N#CC(CN=[N+]=[N-])NCC(F)(F)F. The van der Waals surface area contributed by atoms with Crippen molar-refractivity contribution < 1.29 is 13.2 Å². The van der Waals surface area contributed by atoms with Gasteiger partial charge in [-0.25, -0.2) is 0 Å². The van der Waals surface area contributed by atoms with Crippen LogP contribution in [0.2, 0.25) is 0 Å². The van der Waals surface area contributed by atoms with Crippen LogP contribution in [0.3, 0.4) is 0 Å². The van der Waals surface area contributed by atoms with Gasteiger partial charge in [-0.05, 0) is 5.53 Å². The molecule has 1 unspecified atom stereocenters. The van der Waals surface area contributed by atoms with Crippen molar-refractivity contribution >= 4 is 0 Å². The number of azide groups is 1. The van der Waals surface area contributed by atoms with Gasteiger partial charge in [0, 0.05) is 4.91 Å². The summed E-state index contributed by atoms with van der Waals surface area (Å²) >= 11 is 0. The highest BCUT2D eigenvalue weighted by Gasteiger charge is 2.27. The minimum atomic E-state index is -4.37. The van der Waals surface area contributed by atoms with Crippen LogP contribution in [0, 0.1) is 11.3 Å². The van der Waals surface area contributed by atoms with Crippen molar-refractivity contribution in [3.63, 3.8) is 0 Å². The molecule has 1 N–H and O–H groups in total. The number of hydrogen-bond acceptors (Lipinski definition) is 3. The third-order valence-electron chi connectivity index (χ3n) is 1.03. The molecule has 5 nitrogen and oxygen atoms in total. The summed E-state index contributed by atoms with van der Waals surface area (Å²) in [5, 5.41) is 13.2. The molecule has 0 spiro atoms. The molecule has 0 fully saturated rings. The summed E-state index contributed by atoms with van der Waals surface area (Å²) in [7, 11) is 0. The molecule has 1 atom stereocenters. The van der Waals surface area contributed by atoms with Gasteiger partial charge in [-0.3, -0.25) is 5.32 Å². The summed E-state index contributed by atoms with van der Waals surface area (Å²) in [4.78, 5) is 2.32. The maximum Gasteiger partial charge on any atom is 0.401 e. The number of rotatable bonds is 4. The number of hydrogen-bond donors (Lipinski definition) is 1. The maximum absolute atomic E-state index is 11.6. The second-order valence-corrected chi connectivity index (χ2v) is 2.09. The van der Waals surface area contributed by atoms with E-state index in [1.54, 1.807) is 0 Å². The van der Waals surface area contributed by atoms with Gasteiger partial charge in [-0.15, -0.1) is 0 Å². The molecule has 0 bridgehead atoms. The third kappa shape index (κ3) is 6.93. The first-order chi connectivity index (χ1) is 5.99. The molecule has 8 heteroatoms. The summed E-state index contributed by atoms with van der Waals surface area (Å²) in [5.74, 6) is 0. The van der Waals surface area contributed by atoms with Crippen molar-refractivity contribution in [1.29, 1.82) is 5.26 Å². The minimum absolute atomic E-state index is 0.316. The third-order valence-corrected chi connectivity index (χ3v) is 1.03. The molecule has 0 rings (SSSR count). The number of nitrogens with zero attached hydrogens (tertiary/aromatic N) is 4. The lowest BCUT2D eigenvalue weighted by Crippen LogP contribution is -2.37. The van der Waals surface area contributed by atoms with Crippen LogP contribution in [0.5, 0.6) is 0 Å². The summed E-state index contributed by atoms with van der Waals surface area (Å²) in [5.41, 5.74) is 7.84. The van der Waals surface area contributed by atoms with Crippen LogP contribution in [0.4, 0.5) is 13.2 Å². The zero-order valence-corrected chi connectivity index (χ0v) is 6.41. The van der Waals surface area contributed by atoms with E-state index in [0.717, 1.165) is 0 Å². The van der Waals surface area contributed by atoms with Crippen molar-refractivity contribution in [2.24, 2.45) is 5.11 Å². The highest BCUT2D eigenvalue weighted by atomic mass is 19.4. The Balaban J connectivity index is 3.87. The van der Waals surface area contributed by atoms with Crippen LogP contribution in [-0.4, -0.2) is 25.3 Å². The van der Waals surface area contributed by atoms with Crippen LogP contribution in [0.1, 0.15) is 0 Å². The molecule has 0 saturated carbocycles. The van der Waals surface area contributed by atoms with Gasteiger partial charge in [-0.2, -0.15) is 18.4 Å². The number of halogens is 3. The Bertz CT molecular complexity index is 236. The Labute approximate surface area is 71.8 Å². The Kier molecular flexibility index (Phi) is 4.66. The fourth-order valence-electron chi connectivity index (χ4n) is 0.508. The lowest BCUT2D eigenvalue weighted by atomic mass is 10.3. The number of alkyl halides is 3. The normalized spacial score (nSPS) is 12.8. The predicted molar refractivity (Wildman–Crippen MR) is 37.5 cm³/mol. The van der Waals surface area contributed by atoms with Crippen LogP contribution in [0.25, 0.3) is 10.4 Å². The molecule has 0 radical (unpaired) electrons. The molecule has 72 valence electrons. The Hall–Kier alpha value is -1.45. The summed E-state index contributed by atoms with van der Waals surface area (Å²) < 4.78 is 34.8. The zero-order valence-electron chi connectivity index (χ0n) is 6.41. The van der Waals surface area contributed by atoms with Gasteiger partial charge < -0.3 is 0 Å². The summed E-state index contributed by atoms with van der Waals surface area (Å²) in [6.45, 7) is -1.59. The van der Waals surface area contributed by atoms with E-state index >= 15 is 0 Å². The second-order valence-electron chi connectivity index (χ2n) is 2.09. The smallest absolute Gasteiger partial charge is 0.293 e. The van der Waals surface area contributed by atoms with Crippen molar-refractivity contribution in [3.8, 4) is 6.07 Å². The molecule has 0 aromatic carbocycles. The molecular formula is C5H6F3N5. The van der Waals surface area contributed by atoms with Gasteiger partial charge in [0.05, 0.1) is 19.2 Å². The van der Waals surface area contributed by atoms with Crippen LogP contribution < -0.4 is 5.32 Å². The zero-order chi connectivity index (χ0) is 10.3. The average Bonchev–Trinajstić information content (AvgIpc) is 2.03. The summed E-state index contributed by atoms with van der Waals surface area (Å²) in [6.07, 6.45) is -4.37. The molecule has 0 heterocycles. The first kappa shape index (κ1) is 11.6. The van der Waals surface area contributed by atoms with Gasteiger partial charge in [0.1, 0.15) is 6.04 Å². The topological polar surface area (TPSA) is 84.6 Å². The van der Waals surface area contributed by atoms with Crippen molar-refractivity contribution in [2.75, 3.05) is 13.1 Å². The monoisotopic (exact) mass is 193 g/mol. The van der Waals surface area contributed by atoms with Crippen LogP contribution in [-0.2, 0) is 0 Å². The first-order valence-electron chi connectivity index (χ1n) is 3.20. The maximum atomic E-state index is 11.6. The van der Waals surface area contributed by atoms with E-state index in [1.165, 1.54) is 6.07 Å². The quantitative estimate of drug-likeness (QED) is 0.415. The standard InChI is InChI=1S/C5H6F3N5/c6-5(7,8)3-11-4(1-9)2-12-13-10/h4,11H,2-3H2. The van der Waals surface area contributed by atoms with Crippen LogP contribution >= 0.6 is 0 Å². The minimum Gasteiger partial charge on any atom is -0.293 e. The van der Waals surface area contributed by atoms with Crippen molar-refractivity contribution in [3.05, 3.63) is 10.4 Å². The molecule has 0 aliphatic carbocycles. The second kappa shape index (κ2) is 5.24. The molecule has 0 amide bonds. The van der Waals surface area contributed by atoms with Gasteiger partial charge in [-0.1, -0.05) is 5.11 Å². The highest BCUT2D eigenvalue weighted by molar-refractivity contribution is 4.91. The van der Waals surface area contributed by atoms with E-state index in [1.807, 2.05) is 5.32 Å². The van der Waals surface area contributed by atoms with E-state index in [-0.39, 0.29) is 6.54 Å². The van der Waals surface area contributed by atoms with Gasteiger partial charge in [0.2, 0.25) is 0 Å². The fraction of sp³-hybridized carbons (Fsp3) is 0.800. The van der Waals surface area contributed by atoms with Gasteiger partial charge >= 0.3 is 6.18 Å². The molecule has 0 aliphatic rings. The number of nitrogens with one attached hydrogen (secondary N) is 1. The van der Waals surface area contributed by atoms with Crippen LogP contribution in [0.15, 0.2) is 5.11 Å². The van der Waals surface area contributed by atoms with E-state index in [0.29, 0.717) is 0 Å². The first-order valence-corrected chi connectivity index (χ1v) is 3.20. The van der Waals surface area contributed by atoms with Crippen molar-refractivity contribution in [1.82, 2.24) is 5.32 Å². The molecule has 0 aliphatic heterocycles. The molecule has 0 aromatic rings. The Morgan fingerprint density at radius 3 is 2.62 bits per heavy atom. The molecule has 0 saturated heterocycles. The van der Waals surface area contributed by atoms with E-state index in [9.17, 15) is 13.2 Å². The molecule has 0 aromatic heterocycles. The largest absolute Gasteiger partial charge is 0.401 e. The molecule has 13 heavy (non-hydrogen) atoms. The average molecular weight is 193 g/mol. The lowest BCUT2D eigenvalue weighted by molar-refractivity contribution is -0.125. The van der Waals surface area contributed by atoms with Crippen molar-refractivity contribution in [2.45, 2.75) is 12.2 Å². The fourth-order valence-corrected chi connectivity index (χ4v) is 0.508. The Morgan fingerprint density at radius 2 is 2.23 bits per heavy atom. The number of nitriles is 1. The van der Waals surface area contributed by atoms with Gasteiger partial charge in [0.25, 0.3) is 0 Å². The van der Waals surface area contributed by atoms with E-state index in [4.69, 9.17) is 10.8 Å². The highest BCUT2D eigenvalue weighted by Crippen LogP contribution is 2.12. The van der Waals surface area contributed by atoms with E-state index < -0.39 is 18.8 Å². The molecular weight excluding hydrogens is 187 g/mol. The Morgan fingerprint density at radius 1 is 1.62 bits per heavy atom. The van der Waals surface area contributed by atoms with E-state index in [2.05, 4.69) is 10.0 Å². The van der Waals surface area contributed by atoms with Gasteiger partial charge in [0.15, 0.2) is 0 Å². The lowest BCUT2D eigenvalue weighted by Gasteiger charge is -2.10. The predicted octanol–water partition coefficient (Wildman–Crippen LogP) is 1.34. The summed E-state index contributed by atoms with van der Waals surface area (Å²) in [6, 6.07) is 0.434.